The zero-order chi connectivity index (χ0) is 17.5. The van der Waals surface area contributed by atoms with Crippen molar-refractivity contribution in [1.29, 1.82) is 0 Å². The molecule has 0 spiro atoms. The number of nitrogens with one attached hydrogen (secondary N) is 2. The molecule has 6 heteroatoms. The van der Waals surface area contributed by atoms with Gasteiger partial charge in [0.15, 0.2) is 0 Å². The van der Waals surface area contributed by atoms with E-state index >= 15 is 0 Å². The van der Waals surface area contributed by atoms with Crippen LogP contribution in [0.15, 0.2) is 30.3 Å². The van der Waals surface area contributed by atoms with Gasteiger partial charge < -0.3 is 20.5 Å². The Morgan fingerprint density at radius 1 is 1.17 bits per heavy atom. The van der Waals surface area contributed by atoms with E-state index in [1.165, 1.54) is 0 Å². The summed E-state index contributed by atoms with van der Waals surface area (Å²) in [6.45, 7) is 6.63. The number of amides is 2. The molecule has 2 amide bonds. The quantitative estimate of drug-likeness (QED) is 0.742. The van der Waals surface area contributed by atoms with Crippen LogP contribution in [0.3, 0.4) is 0 Å². The van der Waals surface area contributed by atoms with Crippen LogP contribution in [-0.2, 0) is 16.0 Å². The molecule has 1 aromatic carbocycles. The molecule has 1 rings (SSSR count). The molecule has 128 valence electrons. The van der Waals surface area contributed by atoms with Gasteiger partial charge >= 0.3 is 6.09 Å². The van der Waals surface area contributed by atoms with E-state index in [4.69, 9.17) is 4.74 Å². The van der Waals surface area contributed by atoms with Crippen molar-refractivity contribution in [2.45, 2.75) is 51.8 Å². The van der Waals surface area contributed by atoms with E-state index in [1.54, 1.807) is 27.7 Å². The number of carbonyl (C=O) groups excluding carboxylic acids is 2. The van der Waals surface area contributed by atoms with Crippen LogP contribution in [0.2, 0.25) is 0 Å². The standard InChI is InChI=1S/C17H26N2O4/c1-12(18-16(22)23-17(2,3)4)15(21)19-14(11-20)10-13-8-6-5-7-9-13/h5-9,12,14,20H,10-11H2,1-4H3,(H,18,22)(H,19,21)/t12-,14-/m1/s1. The first-order valence-electron chi connectivity index (χ1n) is 7.66. The molecular formula is C17H26N2O4. The molecular weight excluding hydrogens is 296 g/mol. The van der Waals surface area contributed by atoms with Crippen LogP contribution in [0.4, 0.5) is 4.79 Å². The fourth-order valence-corrected chi connectivity index (χ4v) is 1.94. The van der Waals surface area contributed by atoms with Crippen LogP contribution in [0.25, 0.3) is 0 Å². The summed E-state index contributed by atoms with van der Waals surface area (Å²) in [6, 6.07) is 8.40. The number of benzene rings is 1. The molecule has 3 N–H and O–H groups in total. The summed E-state index contributed by atoms with van der Waals surface area (Å²) < 4.78 is 5.11. The van der Waals surface area contributed by atoms with Gasteiger partial charge in [-0.3, -0.25) is 4.79 Å². The molecule has 0 radical (unpaired) electrons. The van der Waals surface area contributed by atoms with Crippen molar-refractivity contribution >= 4 is 12.0 Å². The highest BCUT2D eigenvalue weighted by atomic mass is 16.6. The third-order valence-corrected chi connectivity index (χ3v) is 3.02. The van der Waals surface area contributed by atoms with Gasteiger partial charge in [-0.2, -0.15) is 0 Å². The summed E-state index contributed by atoms with van der Waals surface area (Å²) in [7, 11) is 0. The fraction of sp³-hybridized carbons (Fsp3) is 0.529. The number of alkyl carbamates (subject to hydrolysis) is 1. The van der Waals surface area contributed by atoms with E-state index in [0.717, 1.165) is 5.56 Å². The second kappa shape index (κ2) is 8.53. The van der Waals surface area contributed by atoms with Crippen LogP contribution in [0.5, 0.6) is 0 Å². The van der Waals surface area contributed by atoms with Crippen molar-refractivity contribution in [2.24, 2.45) is 0 Å². The summed E-state index contributed by atoms with van der Waals surface area (Å²) in [6.07, 6.45) is -0.133. The Kier molecular flexibility index (Phi) is 7.03. The van der Waals surface area contributed by atoms with Gasteiger partial charge in [-0.1, -0.05) is 30.3 Å². The van der Waals surface area contributed by atoms with Gasteiger partial charge in [0, 0.05) is 0 Å². The van der Waals surface area contributed by atoms with Crippen molar-refractivity contribution in [3.8, 4) is 0 Å². The van der Waals surface area contributed by atoms with Gasteiger partial charge in [0.25, 0.3) is 0 Å². The third kappa shape index (κ3) is 7.65. The molecule has 0 saturated heterocycles. The average molecular weight is 322 g/mol. The third-order valence-electron chi connectivity index (χ3n) is 3.02. The van der Waals surface area contributed by atoms with Crippen LogP contribution >= 0.6 is 0 Å². The van der Waals surface area contributed by atoms with Gasteiger partial charge in [-0.25, -0.2) is 4.79 Å². The number of ether oxygens (including phenoxy) is 1. The van der Waals surface area contributed by atoms with Gasteiger partial charge in [-0.15, -0.1) is 0 Å². The maximum atomic E-state index is 12.1. The predicted octanol–water partition coefficient (Wildman–Crippen LogP) is 1.62. The normalized spacial score (nSPS) is 13.8. The van der Waals surface area contributed by atoms with E-state index in [1.807, 2.05) is 30.3 Å². The minimum atomic E-state index is -0.755. The second-order valence-corrected chi connectivity index (χ2v) is 6.45. The Hall–Kier alpha value is -2.08. The fourth-order valence-electron chi connectivity index (χ4n) is 1.94. The Morgan fingerprint density at radius 3 is 2.30 bits per heavy atom. The van der Waals surface area contributed by atoms with Crippen molar-refractivity contribution in [3.63, 3.8) is 0 Å². The summed E-state index contributed by atoms with van der Waals surface area (Å²) >= 11 is 0. The molecule has 0 aromatic heterocycles. The first-order valence-corrected chi connectivity index (χ1v) is 7.66. The summed E-state index contributed by atoms with van der Waals surface area (Å²) in [5.41, 5.74) is 0.390. The molecule has 0 fully saturated rings. The minimum absolute atomic E-state index is 0.181. The first kappa shape index (κ1) is 19.0. The molecule has 0 heterocycles. The molecule has 0 unspecified atom stereocenters. The maximum absolute atomic E-state index is 12.1. The lowest BCUT2D eigenvalue weighted by Gasteiger charge is -2.23. The number of aliphatic hydroxyl groups excluding tert-OH is 1. The molecule has 1 aromatic rings. The van der Waals surface area contributed by atoms with E-state index in [2.05, 4.69) is 10.6 Å². The molecule has 0 aliphatic carbocycles. The molecule has 0 aliphatic heterocycles. The maximum Gasteiger partial charge on any atom is 0.408 e. The number of aliphatic hydroxyl groups is 1. The average Bonchev–Trinajstić information content (AvgIpc) is 2.45. The topological polar surface area (TPSA) is 87.7 Å². The van der Waals surface area contributed by atoms with Gasteiger partial charge in [-0.05, 0) is 39.7 Å². The van der Waals surface area contributed by atoms with Crippen LogP contribution in [0, 0.1) is 0 Å². The summed E-state index contributed by atoms with van der Waals surface area (Å²) in [4.78, 5) is 23.8. The van der Waals surface area contributed by atoms with Crippen LogP contribution in [-0.4, -0.2) is 41.4 Å². The number of carbonyl (C=O) groups is 2. The van der Waals surface area contributed by atoms with Gasteiger partial charge in [0.1, 0.15) is 11.6 Å². The second-order valence-electron chi connectivity index (χ2n) is 6.45. The lowest BCUT2D eigenvalue weighted by molar-refractivity contribution is -0.123. The minimum Gasteiger partial charge on any atom is -0.444 e. The van der Waals surface area contributed by atoms with E-state index in [-0.39, 0.29) is 12.5 Å². The highest BCUT2D eigenvalue weighted by Gasteiger charge is 2.22. The smallest absolute Gasteiger partial charge is 0.408 e. The Bertz CT molecular complexity index is 511. The predicted molar refractivity (Wildman–Crippen MR) is 88.0 cm³/mol. The lowest BCUT2D eigenvalue weighted by Crippen LogP contribution is -2.50. The molecule has 0 aliphatic rings. The van der Waals surface area contributed by atoms with Crippen molar-refractivity contribution in [2.75, 3.05) is 6.61 Å². The van der Waals surface area contributed by atoms with Crippen molar-refractivity contribution in [1.82, 2.24) is 10.6 Å². The molecule has 23 heavy (non-hydrogen) atoms. The Labute approximate surface area is 137 Å². The molecule has 6 nitrogen and oxygen atoms in total. The summed E-state index contributed by atoms with van der Waals surface area (Å²) in [5.74, 6) is -0.370. The Morgan fingerprint density at radius 2 is 1.78 bits per heavy atom. The largest absolute Gasteiger partial charge is 0.444 e. The van der Waals surface area contributed by atoms with Gasteiger partial charge in [0.05, 0.1) is 12.6 Å². The zero-order valence-electron chi connectivity index (χ0n) is 14.1. The lowest BCUT2D eigenvalue weighted by atomic mass is 10.1. The molecule has 0 saturated carbocycles. The van der Waals surface area contributed by atoms with Crippen molar-refractivity contribution in [3.05, 3.63) is 35.9 Å². The highest BCUT2D eigenvalue weighted by molar-refractivity contribution is 5.85. The highest BCUT2D eigenvalue weighted by Crippen LogP contribution is 2.07. The monoisotopic (exact) mass is 322 g/mol. The number of hydrogen-bond donors (Lipinski definition) is 3. The van der Waals surface area contributed by atoms with E-state index < -0.39 is 23.8 Å². The molecule has 2 atom stereocenters. The zero-order valence-corrected chi connectivity index (χ0v) is 14.1. The SMILES string of the molecule is C[C@@H](NC(=O)OC(C)(C)C)C(=O)N[C@@H](CO)Cc1ccccc1. The summed E-state index contributed by atoms with van der Waals surface area (Å²) in [5, 5.41) is 14.6. The van der Waals surface area contributed by atoms with Crippen molar-refractivity contribution < 1.29 is 19.4 Å². The van der Waals surface area contributed by atoms with Crippen LogP contribution in [0.1, 0.15) is 33.3 Å². The first-order chi connectivity index (χ1) is 10.7. The van der Waals surface area contributed by atoms with E-state index in [0.29, 0.717) is 6.42 Å². The Balaban J connectivity index is 2.50. The van der Waals surface area contributed by atoms with E-state index in [9.17, 15) is 14.7 Å². The number of rotatable bonds is 6. The van der Waals surface area contributed by atoms with Crippen LogP contribution < -0.4 is 10.6 Å². The molecule has 0 bridgehead atoms. The van der Waals surface area contributed by atoms with Gasteiger partial charge in [0.2, 0.25) is 5.91 Å². The number of hydrogen-bond acceptors (Lipinski definition) is 4.